The number of nitrogens with two attached hydrogens (primary N) is 2. The summed E-state index contributed by atoms with van der Waals surface area (Å²) in [5, 5.41) is 2.69. The largest absolute Gasteiger partial charge is 0.354 e. The van der Waals surface area contributed by atoms with E-state index in [9.17, 15) is 14.4 Å². The summed E-state index contributed by atoms with van der Waals surface area (Å²) in [5.41, 5.74) is 12.9. The Bertz CT molecular complexity index is 1230. The molecule has 11 nitrogen and oxygen atoms in total. The number of aromatic nitrogens is 2. The van der Waals surface area contributed by atoms with Gasteiger partial charge >= 0.3 is 11.7 Å². The van der Waals surface area contributed by atoms with Crippen LogP contribution in [0.5, 0.6) is 0 Å². The number of anilines is 1. The van der Waals surface area contributed by atoms with Crippen molar-refractivity contribution in [2.75, 3.05) is 44.6 Å². The maximum absolute atomic E-state index is 12.7. The molecule has 2 aromatic rings. The van der Waals surface area contributed by atoms with E-state index in [2.05, 4.69) is 15.2 Å². The first-order valence-corrected chi connectivity index (χ1v) is 12.9. The van der Waals surface area contributed by atoms with E-state index in [4.69, 9.17) is 11.5 Å². The molecule has 5 rings (SSSR count). The first-order chi connectivity index (χ1) is 17.5. The van der Waals surface area contributed by atoms with Crippen molar-refractivity contribution in [1.82, 2.24) is 24.3 Å². The molecule has 1 unspecified atom stereocenters. The number of likely N-dealkylation sites (tertiary alicyclic amines) is 1. The summed E-state index contributed by atoms with van der Waals surface area (Å²) in [7, 11) is 0. The molecule has 206 valence electrons. The Morgan fingerprint density at radius 1 is 1.08 bits per heavy atom. The highest BCUT2D eigenvalue weighted by molar-refractivity contribution is 5.89. The smallest absolute Gasteiger partial charge is 0.338 e. The van der Waals surface area contributed by atoms with E-state index < -0.39 is 11.2 Å². The van der Waals surface area contributed by atoms with Crippen LogP contribution in [0.1, 0.15) is 32.3 Å². The fourth-order valence-electron chi connectivity index (χ4n) is 5.47. The highest BCUT2D eigenvalue weighted by Crippen LogP contribution is 2.47. The molecular weight excluding hydrogens is 508 g/mol. The summed E-state index contributed by atoms with van der Waals surface area (Å²) in [6.07, 6.45) is 3.98. The van der Waals surface area contributed by atoms with E-state index in [1.165, 1.54) is 16.6 Å². The molecule has 0 bridgehead atoms. The number of halogens is 1. The zero-order chi connectivity index (χ0) is 26.4. The van der Waals surface area contributed by atoms with E-state index in [1.807, 2.05) is 24.3 Å². The predicted molar refractivity (Wildman–Crippen MR) is 147 cm³/mol. The molecule has 3 amide bonds. The van der Waals surface area contributed by atoms with Crippen LogP contribution >= 0.6 is 12.4 Å². The van der Waals surface area contributed by atoms with Crippen molar-refractivity contribution in [3.63, 3.8) is 0 Å². The molecule has 1 aromatic heterocycles. The molecule has 3 aliphatic rings. The number of carbonyl (C=O) groups excluding carboxylic acids is 2. The molecule has 0 radical (unpaired) electrons. The number of benzene rings is 1. The third-order valence-corrected chi connectivity index (χ3v) is 7.88. The molecule has 12 heteroatoms. The molecule has 1 spiro atoms. The van der Waals surface area contributed by atoms with Crippen molar-refractivity contribution in [3.8, 4) is 5.69 Å². The number of carbonyl (C=O) groups is 2. The number of nitrogens with one attached hydrogen (secondary N) is 1. The number of rotatable bonds is 5. The van der Waals surface area contributed by atoms with E-state index in [0.717, 1.165) is 26.1 Å². The van der Waals surface area contributed by atoms with Gasteiger partial charge in [-0.05, 0) is 50.5 Å². The molecule has 3 fully saturated rings. The van der Waals surface area contributed by atoms with E-state index in [-0.39, 0.29) is 30.2 Å². The van der Waals surface area contributed by atoms with Gasteiger partial charge in [0.1, 0.15) is 5.82 Å². The highest BCUT2D eigenvalue weighted by atomic mass is 35.5. The van der Waals surface area contributed by atoms with Gasteiger partial charge in [-0.2, -0.15) is 4.98 Å². The Hall–Kier alpha value is -2.99. The zero-order valence-electron chi connectivity index (χ0n) is 21.9. The van der Waals surface area contributed by atoms with Crippen LogP contribution in [0.2, 0.25) is 0 Å². The number of piperazine rings is 1. The Balaban J connectivity index is 0.00000336. The first-order valence-electron chi connectivity index (χ1n) is 12.9. The van der Waals surface area contributed by atoms with Crippen LogP contribution in [0, 0.1) is 5.41 Å². The quantitative estimate of drug-likeness (QED) is 0.509. The van der Waals surface area contributed by atoms with Gasteiger partial charge in [0.25, 0.3) is 0 Å². The SMILES string of the molecule is CC(C)(N)C(=O)N1CCN(C(=O)Nc2ccn(-c3ccc(CN4CC5(CCC5N)C4)cc3)c(=O)n2)CC1.Cl. The average Bonchev–Trinajstić information content (AvgIpc) is 2.84. The zero-order valence-corrected chi connectivity index (χ0v) is 22.7. The molecule has 1 saturated carbocycles. The molecule has 1 atom stereocenters. The fraction of sp³-hybridized carbons (Fsp3) is 0.538. The first kappa shape index (κ1) is 28.0. The topological polar surface area (TPSA) is 143 Å². The molecule has 2 saturated heterocycles. The maximum Gasteiger partial charge on any atom is 0.354 e. The Morgan fingerprint density at radius 2 is 1.71 bits per heavy atom. The molecule has 1 aromatic carbocycles. The molecule has 2 aliphatic heterocycles. The Kier molecular flexibility index (Phi) is 7.85. The molecule has 5 N–H and O–H groups in total. The van der Waals surface area contributed by atoms with Crippen molar-refractivity contribution in [3.05, 3.63) is 52.6 Å². The van der Waals surface area contributed by atoms with Crippen LogP contribution in [0.3, 0.4) is 0 Å². The van der Waals surface area contributed by atoms with Gasteiger partial charge in [0.15, 0.2) is 0 Å². The minimum Gasteiger partial charge on any atom is -0.338 e. The highest BCUT2D eigenvalue weighted by Gasteiger charge is 2.52. The standard InChI is InChI=1S/C26H36N8O3.ClH/c1-25(2,28)22(35)32-11-13-33(14-12-32)23(36)29-21-8-10-34(24(37)30-21)19-5-3-18(4-6-19)15-31-16-26(17-31)9-7-20(26)27;/h3-6,8,10,20H,7,9,11-17,27-28H2,1-2H3,(H,29,30,36,37);1H. The normalized spacial score (nSPS) is 20.8. The molecule has 38 heavy (non-hydrogen) atoms. The van der Waals surface area contributed by atoms with Crippen LogP contribution < -0.4 is 22.5 Å². The van der Waals surface area contributed by atoms with Crippen molar-refractivity contribution in [2.45, 2.75) is 44.8 Å². The number of hydrogen-bond acceptors (Lipinski definition) is 7. The third kappa shape index (κ3) is 5.56. The number of urea groups is 1. The molecular formula is C26H37ClN8O3. The summed E-state index contributed by atoms with van der Waals surface area (Å²) in [6.45, 7) is 7.91. The van der Waals surface area contributed by atoms with Gasteiger partial charge in [-0.25, -0.2) is 9.59 Å². The van der Waals surface area contributed by atoms with Crippen molar-refractivity contribution >= 4 is 30.2 Å². The average molecular weight is 545 g/mol. The number of nitrogens with zero attached hydrogens (tertiary/aromatic N) is 5. The van der Waals surface area contributed by atoms with Gasteiger partial charge in [0, 0.05) is 63.5 Å². The van der Waals surface area contributed by atoms with Gasteiger partial charge in [-0.15, -0.1) is 12.4 Å². The summed E-state index contributed by atoms with van der Waals surface area (Å²) in [6, 6.07) is 9.46. The lowest BCUT2D eigenvalue weighted by Crippen LogP contribution is -2.68. The Morgan fingerprint density at radius 3 is 2.24 bits per heavy atom. The summed E-state index contributed by atoms with van der Waals surface area (Å²) >= 11 is 0. The van der Waals surface area contributed by atoms with E-state index in [0.29, 0.717) is 43.3 Å². The predicted octanol–water partition coefficient (Wildman–Crippen LogP) is 0.991. The second-order valence-electron chi connectivity index (χ2n) is 11.2. The monoisotopic (exact) mass is 544 g/mol. The lowest BCUT2D eigenvalue weighted by Gasteiger charge is -2.59. The molecule has 1 aliphatic carbocycles. The second kappa shape index (κ2) is 10.6. The number of hydrogen-bond donors (Lipinski definition) is 3. The third-order valence-electron chi connectivity index (χ3n) is 7.88. The molecule has 3 heterocycles. The van der Waals surface area contributed by atoms with Crippen molar-refractivity contribution in [1.29, 1.82) is 0 Å². The van der Waals surface area contributed by atoms with Gasteiger partial charge in [-0.3, -0.25) is 19.6 Å². The summed E-state index contributed by atoms with van der Waals surface area (Å²) < 4.78 is 1.45. The summed E-state index contributed by atoms with van der Waals surface area (Å²) in [4.78, 5) is 47.4. The minimum atomic E-state index is -0.944. The van der Waals surface area contributed by atoms with Gasteiger partial charge in [0.2, 0.25) is 5.91 Å². The summed E-state index contributed by atoms with van der Waals surface area (Å²) in [5.74, 6) is 0.0450. The van der Waals surface area contributed by atoms with Crippen LogP contribution in [0.4, 0.5) is 10.6 Å². The van der Waals surface area contributed by atoms with Gasteiger partial charge in [0.05, 0.1) is 11.2 Å². The fourth-order valence-corrected chi connectivity index (χ4v) is 5.47. The van der Waals surface area contributed by atoms with Crippen LogP contribution in [-0.4, -0.2) is 87.0 Å². The maximum atomic E-state index is 12.7. The van der Waals surface area contributed by atoms with Crippen molar-refractivity contribution < 1.29 is 9.59 Å². The lowest BCUT2D eigenvalue weighted by atomic mass is 9.60. The number of amides is 3. The van der Waals surface area contributed by atoms with E-state index >= 15 is 0 Å². The van der Waals surface area contributed by atoms with E-state index in [1.54, 1.807) is 35.9 Å². The van der Waals surface area contributed by atoms with Crippen molar-refractivity contribution in [2.24, 2.45) is 16.9 Å². The Labute approximate surface area is 228 Å². The second-order valence-corrected chi connectivity index (χ2v) is 11.2. The van der Waals surface area contributed by atoms with Gasteiger partial charge in [-0.1, -0.05) is 12.1 Å². The van der Waals surface area contributed by atoms with Gasteiger partial charge < -0.3 is 21.3 Å². The lowest BCUT2D eigenvalue weighted by molar-refractivity contribution is -0.137. The van der Waals surface area contributed by atoms with Crippen LogP contribution in [0.15, 0.2) is 41.3 Å². The minimum absolute atomic E-state index is 0. The van der Waals surface area contributed by atoms with Crippen LogP contribution in [-0.2, 0) is 11.3 Å². The van der Waals surface area contributed by atoms with Crippen LogP contribution in [0.25, 0.3) is 5.69 Å².